The number of benzene rings is 1. The fourth-order valence-corrected chi connectivity index (χ4v) is 2.69. The van der Waals surface area contributed by atoms with Gasteiger partial charge in [-0.15, -0.1) is 0 Å². The number of hydrogen-bond acceptors (Lipinski definition) is 1. The van der Waals surface area contributed by atoms with Crippen molar-refractivity contribution in [1.82, 2.24) is 10.2 Å². The number of hydrogen-bond donors (Lipinski definition) is 0. The van der Waals surface area contributed by atoms with Crippen molar-refractivity contribution in [3.8, 4) is 0 Å². The van der Waals surface area contributed by atoms with Crippen molar-refractivity contribution in [3.05, 3.63) is 34.9 Å². The quantitative estimate of drug-likeness (QED) is 0.746. The molecule has 2 saturated heterocycles. The van der Waals surface area contributed by atoms with Gasteiger partial charge in [0.2, 0.25) is 0 Å². The zero-order chi connectivity index (χ0) is 10.3. The first-order chi connectivity index (χ1) is 7.31. The Morgan fingerprint density at radius 3 is 2.73 bits per heavy atom. The third-order valence-electron chi connectivity index (χ3n) is 3.38. The predicted molar refractivity (Wildman–Crippen MR) is 61.1 cm³/mol. The van der Waals surface area contributed by atoms with Crippen LogP contribution in [0.5, 0.6) is 0 Å². The Bertz CT molecular complexity index is 349. The van der Waals surface area contributed by atoms with E-state index in [1.807, 2.05) is 12.1 Å². The number of fused-ring (bicyclic) bond motifs is 2. The minimum Gasteiger partial charge on any atom is -0.293 e. The Kier molecular flexibility index (Phi) is 2.43. The van der Waals surface area contributed by atoms with E-state index in [-0.39, 0.29) is 0 Å². The average molecular weight is 222 g/mol. The highest BCUT2D eigenvalue weighted by Gasteiger charge is 2.38. The molecule has 0 amide bonds. The van der Waals surface area contributed by atoms with Gasteiger partial charge >= 0.3 is 0 Å². The summed E-state index contributed by atoms with van der Waals surface area (Å²) in [6.45, 7) is 3.24. The highest BCUT2D eigenvalue weighted by Crippen LogP contribution is 2.26. The molecule has 2 heterocycles. The average Bonchev–Trinajstić information content (AvgIpc) is 2.83. The molecule has 3 rings (SSSR count). The summed E-state index contributed by atoms with van der Waals surface area (Å²) >= 11 is 5.86. The van der Waals surface area contributed by atoms with E-state index in [9.17, 15) is 0 Å². The molecule has 2 nitrogen and oxygen atoms in total. The molecule has 0 aromatic heterocycles. The highest BCUT2D eigenvalue weighted by atomic mass is 35.5. The van der Waals surface area contributed by atoms with Crippen LogP contribution in [0, 0.1) is 0 Å². The SMILES string of the molecule is Clc1ccc(CN2C[C@@H]3C[C@H]2C[N]3)cc1. The molecular weight excluding hydrogens is 208 g/mol. The number of likely N-dealkylation sites (tertiary alicyclic amines) is 1. The van der Waals surface area contributed by atoms with Crippen LogP contribution in [-0.4, -0.2) is 30.1 Å². The van der Waals surface area contributed by atoms with Crippen LogP contribution in [0.25, 0.3) is 0 Å². The van der Waals surface area contributed by atoms with Crippen molar-refractivity contribution in [2.75, 3.05) is 13.1 Å². The lowest BCUT2D eigenvalue weighted by atomic mass is 10.2. The van der Waals surface area contributed by atoms with E-state index in [0.29, 0.717) is 12.1 Å². The lowest BCUT2D eigenvalue weighted by molar-refractivity contribution is 0.216. The zero-order valence-corrected chi connectivity index (χ0v) is 9.32. The molecular formula is C12H14ClN2. The van der Waals surface area contributed by atoms with Gasteiger partial charge in [0, 0.05) is 36.7 Å². The van der Waals surface area contributed by atoms with Crippen LogP contribution in [0.1, 0.15) is 12.0 Å². The van der Waals surface area contributed by atoms with Crippen LogP contribution in [0.2, 0.25) is 5.02 Å². The molecule has 15 heavy (non-hydrogen) atoms. The van der Waals surface area contributed by atoms with Gasteiger partial charge in [0.15, 0.2) is 0 Å². The normalized spacial score (nSPS) is 29.9. The number of halogens is 1. The van der Waals surface area contributed by atoms with Crippen molar-refractivity contribution in [1.29, 1.82) is 0 Å². The van der Waals surface area contributed by atoms with Crippen LogP contribution in [-0.2, 0) is 6.54 Å². The molecule has 0 spiro atoms. The van der Waals surface area contributed by atoms with Crippen LogP contribution in [0.3, 0.4) is 0 Å². The summed E-state index contributed by atoms with van der Waals surface area (Å²) in [5.41, 5.74) is 1.35. The van der Waals surface area contributed by atoms with E-state index >= 15 is 0 Å². The minimum absolute atomic E-state index is 0.613. The number of piperazine rings is 1. The fraction of sp³-hybridized carbons (Fsp3) is 0.500. The van der Waals surface area contributed by atoms with Crippen molar-refractivity contribution in [2.45, 2.75) is 25.0 Å². The molecule has 79 valence electrons. The topological polar surface area (TPSA) is 17.3 Å². The molecule has 1 aromatic carbocycles. The molecule has 1 radical (unpaired) electrons. The number of rotatable bonds is 2. The summed E-state index contributed by atoms with van der Waals surface area (Å²) < 4.78 is 0. The maximum atomic E-state index is 5.86. The first-order valence-corrected chi connectivity index (χ1v) is 5.84. The van der Waals surface area contributed by atoms with E-state index in [1.54, 1.807) is 0 Å². The van der Waals surface area contributed by atoms with Crippen LogP contribution in [0.4, 0.5) is 0 Å². The minimum atomic E-state index is 0.613. The fourth-order valence-electron chi connectivity index (χ4n) is 2.57. The van der Waals surface area contributed by atoms with E-state index in [0.717, 1.165) is 24.7 Å². The van der Waals surface area contributed by atoms with Crippen LogP contribution in [0.15, 0.2) is 24.3 Å². The second kappa shape index (κ2) is 3.78. The maximum absolute atomic E-state index is 5.86. The third kappa shape index (κ3) is 1.89. The smallest absolute Gasteiger partial charge is 0.0406 e. The Morgan fingerprint density at radius 2 is 2.13 bits per heavy atom. The molecule has 0 unspecified atom stereocenters. The summed E-state index contributed by atoms with van der Waals surface area (Å²) in [6, 6.07) is 9.48. The Morgan fingerprint density at radius 1 is 1.33 bits per heavy atom. The molecule has 0 saturated carbocycles. The molecule has 1 aromatic rings. The van der Waals surface area contributed by atoms with Gasteiger partial charge in [-0.25, -0.2) is 5.32 Å². The van der Waals surface area contributed by atoms with Gasteiger partial charge in [0.05, 0.1) is 0 Å². The zero-order valence-electron chi connectivity index (χ0n) is 8.56. The Hall–Kier alpha value is -0.570. The van der Waals surface area contributed by atoms with Gasteiger partial charge in [-0.05, 0) is 24.1 Å². The Balaban J connectivity index is 1.68. The van der Waals surface area contributed by atoms with Gasteiger partial charge < -0.3 is 0 Å². The van der Waals surface area contributed by atoms with Gasteiger partial charge in [-0.3, -0.25) is 4.90 Å². The Labute approximate surface area is 95.2 Å². The van der Waals surface area contributed by atoms with E-state index < -0.39 is 0 Å². The van der Waals surface area contributed by atoms with Crippen molar-refractivity contribution in [2.24, 2.45) is 0 Å². The maximum Gasteiger partial charge on any atom is 0.0406 e. The standard InChI is InChI=1S/C12H14ClN2/c13-10-3-1-9(2-4-10)7-15-8-11-5-12(15)6-14-11/h1-4,11-12H,5-8H2/t11-,12-/m0/s1. The number of nitrogens with zero attached hydrogens (tertiary/aromatic N) is 2. The van der Waals surface area contributed by atoms with E-state index in [1.165, 1.54) is 12.0 Å². The summed E-state index contributed by atoms with van der Waals surface area (Å²) in [7, 11) is 0. The first kappa shape index (κ1) is 9.64. The van der Waals surface area contributed by atoms with Gasteiger partial charge in [-0.2, -0.15) is 0 Å². The monoisotopic (exact) mass is 221 g/mol. The molecule has 0 N–H and O–H groups in total. The molecule has 2 aliphatic heterocycles. The first-order valence-electron chi connectivity index (χ1n) is 5.46. The molecule has 3 heteroatoms. The molecule has 2 aliphatic rings. The lowest BCUT2D eigenvalue weighted by Crippen LogP contribution is -2.39. The summed E-state index contributed by atoms with van der Waals surface area (Å²) in [6.07, 6.45) is 1.27. The summed E-state index contributed by atoms with van der Waals surface area (Å²) in [5, 5.41) is 5.36. The van der Waals surface area contributed by atoms with Crippen LogP contribution >= 0.6 is 11.6 Å². The second-order valence-electron chi connectivity index (χ2n) is 4.46. The third-order valence-corrected chi connectivity index (χ3v) is 3.63. The second-order valence-corrected chi connectivity index (χ2v) is 4.90. The molecule has 2 fully saturated rings. The largest absolute Gasteiger partial charge is 0.293 e. The van der Waals surface area contributed by atoms with E-state index in [4.69, 9.17) is 11.6 Å². The van der Waals surface area contributed by atoms with Crippen molar-refractivity contribution < 1.29 is 0 Å². The van der Waals surface area contributed by atoms with Gasteiger partial charge in [-0.1, -0.05) is 23.7 Å². The van der Waals surface area contributed by atoms with Crippen molar-refractivity contribution >= 4 is 11.6 Å². The van der Waals surface area contributed by atoms with Crippen LogP contribution < -0.4 is 5.32 Å². The summed E-state index contributed by atoms with van der Waals surface area (Å²) in [5.74, 6) is 0. The molecule has 2 bridgehead atoms. The predicted octanol–water partition coefficient (Wildman–Crippen LogP) is 1.90. The molecule has 0 aliphatic carbocycles. The highest BCUT2D eigenvalue weighted by molar-refractivity contribution is 6.30. The van der Waals surface area contributed by atoms with E-state index in [2.05, 4.69) is 22.3 Å². The van der Waals surface area contributed by atoms with Gasteiger partial charge in [0.25, 0.3) is 0 Å². The lowest BCUT2D eigenvalue weighted by Gasteiger charge is -2.26. The molecule has 2 atom stereocenters. The summed E-state index contributed by atoms with van der Waals surface area (Å²) in [4.78, 5) is 2.54. The van der Waals surface area contributed by atoms with Gasteiger partial charge in [0.1, 0.15) is 0 Å². The van der Waals surface area contributed by atoms with Crippen molar-refractivity contribution in [3.63, 3.8) is 0 Å².